The third-order valence-electron chi connectivity index (χ3n) is 4.53. The lowest BCUT2D eigenvalue weighted by Crippen LogP contribution is -2.23. The van der Waals surface area contributed by atoms with Gasteiger partial charge in [-0.25, -0.2) is 4.98 Å². The van der Waals surface area contributed by atoms with E-state index in [0.717, 1.165) is 5.56 Å². The maximum atomic E-state index is 12.6. The number of rotatable bonds is 8. The Labute approximate surface area is 174 Å². The van der Waals surface area contributed by atoms with Gasteiger partial charge in [0.2, 0.25) is 0 Å². The Morgan fingerprint density at radius 1 is 1.00 bits per heavy atom. The summed E-state index contributed by atoms with van der Waals surface area (Å²) in [5, 5.41) is 2.83. The SMILES string of the molecule is COc1ccc(C(=O)NCc2cccnc2N)cc1Oc1cccc(OC)c1CN. The number of hydrogen-bond acceptors (Lipinski definition) is 7. The molecule has 0 aliphatic carbocycles. The molecule has 3 rings (SSSR count). The van der Waals surface area contributed by atoms with Crippen molar-refractivity contribution < 1.29 is 19.0 Å². The van der Waals surface area contributed by atoms with Crippen LogP contribution in [-0.4, -0.2) is 25.1 Å². The zero-order valence-electron chi connectivity index (χ0n) is 16.8. The van der Waals surface area contributed by atoms with Crippen LogP contribution in [0, 0.1) is 0 Å². The summed E-state index contributed by atoms with van der Waals surface area (Å²) in [6.45, 7) is 0.488. The summed E-state index contributed by atoms with van der Waals surface area (Å²) in [6, 6.07) is 13.9. The Balaban J connectivity index is 1.83. The van der Waals surface area contributed by atoms with Gasteiger partial charge in [0.05, 0.1) is 19.8 Å². The number of methoxy groups -OCH3 is 2. The van der Waals surface area contributed by atoms with E-state index in [2.05, 4.69) is 10.3 Å². The van der Waals surface area contributed by atoms with Crippen molar-refractivity contribution in [3.05, 3.63) is 71.4 Å². The standard InChI is InChI=1S/C22H24N4O4/c1-28-17-6-3-7-18(16(17)12-23)30-20-11-14(8-9-19(20)29-2)22(27)26-13-15-5-4-10-25-21(15)24/h3-11H,12-13,23H2,1-2H3,(H2,24,25)(H,26,27). The van der Waals surface area contributed by atoms with Gasteiger partial charge in [-0.1, -0.05) is 12.1 Å². The average Bonchev–Trinajstić information content (AvgIpc) is 2.78. The molecule has 0 unspecified atom stereocenters. The van der Waals surface area contributed by atoms with Crippen LogP contribution < -0.4 is 31.0 Å². The minimum Gasteiger partial charge on any atom is -0.496 e. The first kappa shape index (κ1) is 20.9. The molecule has 2 aromatic carbocycles. The van der Waals surface area contributed by atoms with Crippen LogP contribution in [0.15, 0.2) is 54.7 Å². The summed E-state index contributed by atoms with van der Waals surface area (Å²) in [4.78, 5) is 16.7. The predicted octanol–water partition coefficient (Wildman–Crippen LogP) is 2.86. The normalized spacial score (nSPS) is 10.4. The maximum absolute atomic E-state index is 12.6. The third-order valence-corrected chi connectivity index (χ3v) is 4.53. The van der Waals surface area contributed by atoms with Crippen molar-refractivity contribution in [2.24, 2.45) is 5.73 Å². The molecule has 1 aromatic heterocycles. The van der Waals surface area contributed by atoms with Crippen molar-refractivity contribution in [3.63, 3.8) is 0 Å². The van der Waals surface area contributed by atoms with Crippen LogP contribution in [-0.2, 0) is 13.1 Å². The third kappa shape index (κ3) is 4.61. The second-order valence-corrected chi connectivity index (χ2v) is 6.34. The van der Waals surface area contributed by atoms with Crippen LogP contribution in [0.2, 0.25) is 0 Å². The van der Waals surface area contributed by atoms with Gasteiger partial charge in [-0.2, -0.15) is 0 Å². The number of hydrogen-bond donors (Lipinski definition) is 3. The van der Waals surface area contributed by atoms with Gasteiger partial charge in [0, 0.05) is 30.4 Å². The average molecular weight is 408 g/mol. The molecular formula is C22H24N4O4. The summed E-state index contributed by atoms with van der Waals surface area (Å²) in [7, 11) is 3.10. The Morgan fingerprint density at radius 3 is 2.47 bits per heavy atom. The van der Waals surface area contributed by atoms with Gasteiger partial charge in [0.15, 0.2) is 11.5 Å². The van der Waals surface area contributed by atoms with E-state index in [1.807, 2.05) is 6.07 Å². The smallest absolute Gasteiger partial charge is 0.251 e. The molecule has 0 atom stereocenters. The summed E-state index contributed by atoms with van der Waals surface area (Å²) in [5.41, 5.74) is 13.5. The van der Waals surface area contributed by atoms with Crippen molar-refractivity contribution >= 4 is 11.7 Å². The zero-order valence-corrected chi connectivity index (χ0v) is 16.8. The van der Waals surface area contributed by atoms with Gasteiger partial charge < -0.3 is 31.0 Å². The number of nitrogens with one attached hydrogen (secondary N) is 1. The monoisotopic (exact) mass is 408 g/mol. The molecule has 0 aliphatic rings. The lowest BCUT2D eigenvalue weighted by atomic mass is 10.1. The quantitative estimate of drug-likeness (QED) is 0.524. The van der Waals surface area contributed by atoms with Crippen LogP contribution in [0.25, 0.3) is 0 Å². The number of nitrogens with zero attached hydrogens (tertiary/aromatic N) is 1. The molecule has 0 saturated heterocycles. The molecule has 0 aliphatic heterocycles. The van der Waals surface area contributed by atoms with Crippen LogP contribution in [0.3, 0.4) is 0 Å². The Hall–Kier alpha value is -3.78. The molecule has 1 heterocycles. The summed E-state index contributed by atoms with van der Waals surface area (Å²) in [6.07, 6.45) is 1.60. The lowest BCUT2D eigenvalue weighted by molar-refractivity contribution is 0.0950. The highest BCUT2D eigenvalue weighted by Crippen LogP contribution is 2.36. The van der Waals surface area contributed by atoms with Gasteiger partial charge in [-0.3, -0.25) is 4.79 Å². The Morgan fingerprint density at radius 2 is 1.77 bits per heavy atom. The van der Waals surface area contributed by atoms with Gasteiger partial charge in [-0.05, 0) is 36.4 Å². The van der Waals surface area contributed by atoms with Crippen LogP contribution in [0.1, 0.15) is 21.5 Å². The first-order valence-corrected chi connectivity index (χ1v) is 9.26. The van der Waals surface area contributed by atoms with Gasteiger partial charge >= 0.3 is 0 Å². The van der Waals surface area contributed by atoms with E-state index in [4.69, 9.17) is 25.7 Å². The number of benzene rings is 2. The summed E-state index contributed by atoms with van der Waals surface area (Å²) in [5.74, 6) is 2.11. The maximum Gasteiger partial charge on any atom is 0.251 e. The first-order chi connectivity index (χ1) is 14.6. The van der Waals surface area contributed by atoms with E-state index in [-0.39, 0.29) is 19.0 Å². The number of pyridine rings is 1. The fourth-order valence-corrected chi connectivity index (χ4v) is 2.93. The number of carbonyl (C=O) groups excluding carboxylic acids is 1. The fraction of sp³-hybridized carbons (Fsp3) is 0.182. The van der Waals surface area contributed by atoms with Crippen LogP contribution in [0.5, 0.6) is 23.0 Å². The van der Waals surface area contributed by atoms with Crippen LogP contribution >= 0.6 is 0 Å². The van der Waals surface area contributed by atoms with E-state index in [1.54, 1.807) is 55.8 Å². The first-order valence-electron chi connectivity index (χ1n) is 9.26. The molecule has 30 heavy (non-hydrogen) atoms. The molecule has 5 N–H and O–H groups in total. The zero-order chi connectivity index (χ0) is 21.5. The fourth-order valence-electron chi connectivity index (χ4n) is 2.93. The van der Waals surface area contributed by atoms with E-state index in [1.165, 1.54) is 7.11 Å². The van der Waals surface area contributed by atoms with Gasteiger partial charge in [-0.15, -0.1) is 0 Å². The highest BCUT2D eigenvalue weighted by Gasteiger charge is 2.15. The summed E-state index contributed by atoms with van der Waals surface area (Å²) >= 11 is 0. The number of ether oxygens (including phenoxy) is 3. The van der Waals surface area contributed by atoms with Crippen LogP contribution in [0.4, 0.5) is 5.82 Å². The van der Waals surface area contributed by atoms with Gasteiger partial charge in [0.25, 0.3) is 5.91 Å². The van der Waals surface area contributed by atoms with Crippen molar-refractivity contribution in [1.29, 1.82) is 0 Å². The van der Waals surface area contributed by atoms with Gasteiger partial charge in [0.1, 0.15) is 17.3 Å². The molecule has 0 bridgehead atoms. The molecular weight excluding hydrogens is 384 g/mol. The van der Waals surface area contributed by atoms with Crippen molar-refractivity contribution in [1.82, 2.24) is 10.3 Å². The highest BCUT2D eigenvalue weighted by atomic mass is 16.5. The molecule has 0 saturated carbocycles. The van der Waals surface area contributed by atoms with E-state index in [0.29, 0.717) is 39.9 Å². The molecule has 0 radical (unpaired) electrons. The Bertz CT molecular complexity index is 1040. The highest BCUT2D eigenvalue weighted by molar-refractivity contribution is 5.95. The number of nitrogens with two attached hydrogens (primary N) is 2. The molecule has 156 valence electrons. The van der Waals surface area contributed by atoms with Crippen molar-refractivity contribution in [2.45, 2.75) is 13.1 Å². The molecule has 8 nitrogen and oxygen atoms in total. The number of aromatic nitrogens is 1. The largest absolute Gasteiger partial charge is 0.496 e. The second-order valence-electron chi connectivity index (χ2n) is 6.34. The number of amides is 1. The number of anilines is 1. The van der Waals surface area contributed by atoms with E-state index in [9.17, 15) is 4.79 Å². The minimum atomic E-state index is -0.282. The number of carbonyl (C=O) groups is 1. The van der Waals surface area contributed by atoms with Crippen molar-refractivity contribution in [3.8, 4) is 23.0 Å². The predicted molar refractivity (Wildman–Crippen MR) is 114 cm³/mol. The Kier molecular flexibility index (Phi) is 6.71. The molecule has 3 aromatic rings. The van der Waals surface area contributed by atoms with Crippen molar-refractivity contribution in [2.75, 3.05) is 20.0 Å². The van der Waals surface area contributed by atoms with E-state index < -0.39 is 0 Å². The second kappa shape index (κ2) is 9.62. The summed E-state index contributed by atoms with van der Waals surface area (Å²) < 4.78 is 16.8. The van der Waals surface area contributed by atoms with E-state index >= 15 is 0 Å². The molecule has 1 amide bonds. The molecule has 8 heteroatoms. The number of nitrogen functional groups attached to an aromatic ring is 1. The molecule has 0 fully saturated rings. The lowest BCUT2D eigenvalue weighted by Gasteiger charge is -2.16. The minimum absolute atomic E-state index is 0.231. The topological polar surface area (TPSA) is 122 Å². The molecule has 0 spiro atoms.